The van der Waals surface area contributed by atoms with Crippen molar-refractivity contribution < 1.29 is 13.2 Å². The molecular weight excluding hydrogens is 308 g/mol. The van der Waals surface area contributed by atoms with Crippen LogP contribution in [0.15, 0.2) is 4.90 Å². The van der Waals surface area contributed by atoms with E-state index in [1.165, 1.54) is 24.7 Å². The van der Waals surface area contributed by atoms with Gasteiger partial charge in [0.2, 0.25) is 0 Å². The van der Waals surface area contributed by atoms with Gasteiger partial charge in [-0.15, -0.1) is 11.3 Å². The van der Waals surface area contributed by atoms with Crippen LogP contribution < -0.4 is 11.1 Å². The van der Waals surface area contributed by atoms with Gasteiger partial charge >= 0.3 is 0 Å². The van der Waals surface area contributed by atoms with Crippen LogP contribution in [0.25, 0.3) is 0 Å². The SMILES string of the molecule is CCS(=O)(=O)c1c(NC2CCCCC2)sc(C(C)=O)c1N. The Labute approximate surface area is 129 Å². The van der Waals surface area contributed by atoms with Gasteiger partial charge in [0.1, 0.15) is 9.90 Å². The fourth-order valence-corrected chi connectivity index (χ4v) is 5.30. The normalized spacial score (nSPS) is 16.9. The van der Waals surface area contributed by atoms with Gasteiger partial charge in [-0.1, -0.05) is 26.2 Å². The second-order valence-corrected chi connectivity index (χ2v) is 8.68. The van der Waals surface area contributed by atoms with E-state index in [4.69, 9.17) is 5.73 Å². The average molecular weight is 330 g/mol. The van der Waals surface area contributed by atoms with Crippen LogP contribution in [-0.4, -0.2) is 26.0 Å². The Morgan fingerprint density at radius 1 is 1.33 bits per heavy atom. The van der Waals surface area contributed by atoms with Crippen LogP contribution in [0.1, 0.15) is 55.6 Å². The molecule has 0 spiro atoms. The van der Waals surface area contributed by atoms with Crippen molar-refractivity contribution in [2.45, 2.75) is 56.9 Å². The topological polar surface area (TPSA) is 89.3 Å². The molecule has 1 aliphatic carbocycles. The molecule has 0 amide bonds. The summed E-state index contributed by atoms with van der Waals surface area (Å²) in [6.45, 7) is 3.00. The lowest BCUT2D eigenvalue weighted by atomic mass is 9.96. The standard InChI is InChI=1S/C14H22N2O3S2/c1-3-21(18,19)13-11(15)12(9(2)17)20-14(13)16-10-7-5-4-6-8-10/h10,16H,3-8,15H2,1-2H3. The first kappa shape index (κ1) is 16.3. The lowest BCUT2D eigenvalue weighted by Gasteiger charge is -2.23. The van der Waals surface area contributed by atoms with Crippen molar-refractivity contribution in [1.29, 1.82) is 0 Å². The van der Waals surface area contributed by atoms with E-state index in [1.807, 2.05) is 0 Å². The van der Waals surface area contributed by atoms with Crippen molar-refractivity contribution in [1.82, 2.24) is 0 Å². The fourth-order valence-electron chi connectivity index (χ4n) is 2.67. The smallest absolute Gasteiger partial charge is 0.183 e. The van der Waals surface area contributed by atoms with Crippen LogP contribution in [0, 0.1) is 0 Å². The Kier molecular flexibility index (Phi) is 4.93. The van der Waals surface area contributed by atoms with Crippen molar-refractivity contribution in [3.05, 3.63) is 4.88 Å². The second kappa shape index (κ2) is 6.36. The van der Waals surface area contributed by atoms with E-state index >= 15 is 0 Å². The predicted molar refractivity (Wildman–Crippen MR) is 87.0 cm³/mol. The maximum Gasteiger partial charge on any atom is 0.183 e. The first-order chi connectivity index (χ1) is 9.86. The molecule has 21 heavy (non-hydrogen) atoms. The Hall–Kier alpha value is -1.08. The monoisotopic (exact) mass is 330 g/mol. The van der Waals surface area contributed by atoms with Crippen LogP contribution in [0.4, 0.5) is 10.7 Å². The van der Waals surface area contributed by atoms with Gasteiger partial charge < -0.3 is 11.1 Å². The van der Waals surface area contributed by atoms with Gasteiger partial charge in [-0.2, -0.15) is 0 Å². The molecule has 1 aromatic heterocycles. The number of ketones is 1. The number of nitrogens with one attached hydrogen (secondary N) is 1. The Balaban J connectivity index is 2.43. The number of Topliss-reactive ketones (excluding diaryl/α,β-unsaturated/α-hetero) is 1. The lowest BCUT2D eigenvalue weighted by Crippen LogP contribution is -2.22. The predicted octanol–water partition coefficient (Wildman–Crippen LogP) is 3.07. The fraction of sp³-hybridized carbons (Fsp3) is 0.643. The highest BCUT2D eigenvalue weighted by Crippen LogP contribution is 2.41. The summed E-state index contributed by atoms with van der Waals surface area (Å²) in [5, 5.41) is 3.85. The summed E-state index contributed by atoms with van der Waals surface area (Å²) < 4.78 is 24.6. The van der Waals surface area contributed by atoms with Crippen LogP contribution in [0.3, 0.4) is 0 Å². The number of hydrogen-bond donors (Lipinski definition) is 2. The zero-order valence-corrected chi connectivity index (χ0v) is 14.1. The Morgan fingerprint density at radius 2 is 1.95 bits per heavy atom. The third-order valence-corrected chi connectivity index (χ3v) is 7.02. The Bertz CT molecular complexity index is 629. The van der Waals surface area contributed by atoms with Gasteiger partial charge in [-0.25, -0.2) is 8.42 Å². The minimum Gasteiger partial charge on any atom is -0.396 e. The number of carbonyl (C=O) groups excluding carboxylic acids is 1. The van der Waals surface area contributed by atoms with E-state index in [1.54, 1.807) is 6.92 Å². The van der Waals surface area contributed by atoms with Crippen molar-refractivity contribution in [3.63, 3.8) is 0 Å². The number of carbonyl (C=O) groups is 1. The molecule has 0 unspecified atom stereocenters. The number of sulfone groups is 1. The molecule has 0 bridgehead atoms. The largest absolute Gasteiger partial charge is 0.396 e. The maximum atomic E-state index is 12.3. The molecule has 0 aromatic carbocycles. The maximum absolute atomic E-state index is 12.3. The van der Waals surface area contributed by atoms with Crippen LogP contribution in [-0.2, 0) is 9.84 Å². The number of thiophene rings is 1. The van der Waals surface area contributed by atoms with Crippen molar-refractivity contribution >= 4 is 37.6 Å². The summed E-state index contributed by atoms with van der Waals surface area (Å²) in [4.78, 5) is 12.1. The minimum atomic E-state index is -3.45. The van der Waals surface area contributed by atoms with Gasteiger partial charge in [0.25, 0.3) is 0 Å². The van der Waals surface area contributed by atoms with E-state index < -0.39 is 9.84 Å². The van der Waals surface area contributed by atoms with Crippen LogP contribution in [0.5, 0.6) is 0 Å². The minimum absolute atomic E-state index is 0.0232. The molecule has 0 saturated heterocycles. The van der Waals surface area contributed by atoms with Gasteiger partial charge in [0.05, 0.1) is 16.3 Å². The first-order valence-electron chi connectivity index (χ1n) is 7.29. The molecule has 7 heteroatoms. The third kappa shape index (κ3) is 3.40. The van der Waals surface area contributed by atoms with E-state index in [9.17, 15) is 13.2 Å². The number of anilines is 2. The molecule has 3 N–H and O–H groups in total. The van der Waals surface area contributed by atoms with E-state index in [0.29, 0.717) is 9.88 Å². The first-order valence-corrected chi connectivity index (χ1v) is 9.76. The highest BCUT2D eigenvalue weighted by molar-refractivity contribution is 7.91. The molecule has 1 aliphatic rings. The second-order valence-electron chi connectivity index (χ2n) is 5.44. The lowest BCUT2D eigenvalue weighted by molar-refractivity contribution is 0.102. The van der Waals surface area contributed by atoms with Crippen LogP contribution in [0.2, 0.25) is 0 Å². The molecule has 0 aliphatic heterocycles. The Morgan fingerprint density at radius 3 is 2.48 bits per heavy atom. The van der Waals surface area contributed by atoms with Gasteiger partial charge in [-0.05, 0) is 12.8 Å². The van der Waals surface area contributed by atoms with Crippen molar-refractivity contribution in [2.75, 3.05) is 16.8 Å². The van der Waals surface area contributed by atoms with Gasteiger partial charge in [0, 0.05) is 13.0 Å². The molecule has 118 valence electrons. The van der Waals surface area contributed by atoms with Crippen LogP contribution >= 0.6 is 11.3 Å². The summed E-state index contributed by atoms with van der Waals surface area (Å²) in [5.41, 5.74) is 6.05. The quantitative estimate of drug-likeness (QED) is 0.810. The number of nitrogens with two attached hydrogens (primary N) is 1. The summed E-state index contributed by atoms with van der Waals surface area (Å²) in [7, 11) is -3.45. The summed E-state index contributed by atoms with van der Waals surface area (Å²) >= 11 is 1.17. The number of nitrogen functional groups attached to an aromatic ring is 1. The third-order valence-electron chi connectivity index (χ3n) is 3.85. The summed E-state index contributed by atoms with van der Waals surface area (Å²) in [6.07, 6.45) is 5.57. The van der Waals surface area contributed by atoms with Gasteiger partial charge in [0.15, 0.2) is 15.6 Å². The molecule has 2 rings (SSSR count). The zero-order chi connectivity index (χ0) is 15.6. The number of hydrogen-bond acceptors (Lipinski definition) is 6. The molecule has 5 nitrogen and oxygen atoms in total. The summed E-state index contributed by atoms with van der Waals surface area (Å²) in [6, 6.07) is 0.266. The average Bonchev–Trinajstić information content (AvgIpc) is 2.77. The van der Waals surface area contributed by atoms with E-state index in [-0.39, 0.29) is 28.2 Å². The van der Waals surface area contributed by atoms with Gasteiger partial charge in [-0.3, -0.25) is 4.79 Å². The molecule has 0 radical (unpaired) electrons. The highest BCUT2D eigenvalue weighted by atomic mass is 32.2. The molecule has 1 saturated carbocycles. The van der Waals surface area contributed by atoms with E-state index in [0.717, 1.165) is 25.7 Å². The van der Waals surface area contributed by atoms with E-state index in [2.05, 4.69) is 5.32 Å². The molecule has 1 fully saturated rings. The molecule has 1 aromatic rings. The molecule has 1 heterocycles. The zero-order valence-electron chi connectivity index (χ0n) is 12.4. The van der Waals surface area contributed by atoms with Crippen molar-refractivity contribution in [3.8, 4) is 0 Å². The number of rotatable bonds is 5. The molecule has 0 atom stereocenters. The molecular formula is C14H22N2O3S2. The summed E-state index contributed by atoms with van der Waals surface area (Å²) in [5.74, 6) is -0.216. The van der Waals surface area contributed by atoms with Crippen molar-refractivity contribution in [2.24, 2.45) is 0 Å². The highest BCUT2D eigenvalue weighted by Gasteiger charge is 2.28.